The Morgan fingerprint density at radius 2 is 2.14 bits per heavy atom. The van der Waals surface area contributed by atoms with Gasteiger partial charge in [-0.1, -0.05) is 0 Å². The van der Waals surface area contributed by atoms with Gasteiger partial charge in [-0.3, -0.25) is 0 Å². The molecule has 2 nitrogen and oxygen atoms in total. The molecule has 1 aromatic heterocycles. The van der Waals surface area contributed by atoms with Gasteiger partial charge in [0.25, 0.3) is 0 Å². The van der Waals surface area contributed by atoms with Gasteiger partial charge in [0.15, 0.2) is 0 Å². The molecule has 4 heteroatoms. The van der Waals surface area contributed by atoms with Crippen LogP contribution in [-0.2, 0) is 26.2 Å². The van der Waals surface area contributed by atoms with Crippen LogP contribution in [0.25, 0.3) is 0 Å². The molecular formula is C3H5ClN2Zr. The summed E-state index contributed by atoms with van der Waals surface area (Å²) in [6.45, 7) is 0. The quantitative estimate of drug-likeness (QED) is 0.653. The summed E-state index contributed by atoms with van der Waals surface area (Å²) in [6.07, 6.45) is 5.08. The first-order valence-electron chi connectivity index (χ1n) is 1.43. The van der Waals surface area contributed by atoms with E-state index in [2.05, 4.69) is 9.97 Å². The van der Waals surface area contributed by atoms with Crippen molar-refractivity contribution in [2.75, 3.05) is 0 Å². The van der Waals surface area contributed by atoms with E-state index < -0.39 is 0 Å². The SMILES string of the molecule is Cl.[Zr].c1c[nH]cn1. The van der Waals surface area contributed by atoms with E-state index in [0.29, 0.717) is 0 Å². The molecule has 0 radical (unpaired) electrons. The molecule has 0 unspecified atom stereocenters. The predicted molar refractivity (Wildman–Crippen MR) is 25.8 cm³/mol. The molecular weight excluding hydrogens is 191 g/mol. The van der Waals surface area contributed by atoms with E-state index in [1.807, 2.05) is 0 Å². The van der Waals surface area contributed by atoms with E-state index in [4.69, 9.17) is 0 Å². The summed E-state index contributed by atoms with van der Waals surface area (Å²) < 4.78 is 0. The largest absolute Gasteiger partial charge is 0.351 e. The summed E-state index contributed by atoms with van der Waals surface area (Å²) >= 11 is 0. The van der Waals surface area contributed by atoms with Crippen LogP contribution < -0.4 is 0 Å². The summed E-state index contributed by atoms with van der Waals surface area (Å²) in [5.74, 6) is 0. The molecule has 38 valence electrons. The van der Waals surface area contributed by atoms with Crippen molar-refractivity contribution in [2.45, 2.75) is 0 Å². The predicted octanol–water partition coefficient (Wildman–Crippen LogP) is 0.829. The third kappa shape index (κ3) is 4.23. The van der Waals surface area contributed by atoms with E-state index in [1.165, 1.54) is 0 Å². The number of rotatable bonds is 0. The molecule has 0 atom stereocenters. The van der Waals surface area contributed by atoms with Crippen molar-refractivity contribution in [3.05, 3.63) is 18.7 Å². The van der Waals surface area contributed by atoms with Gasteiger partial charge in [-0.25, -0.2) is 4.98 Å². The number of hydrogen-bond donors (Lipinski definition) is 1. The Morgan fingerprint density at radius 3 is 2.29 bits per heavy atom. The Kier molecular flexibility index (Phi) is 9.47. The van der Waals surface area contributed by atoms with Gasteiger partial charge in [-0.2, -0.15) is 0 Å². The second-order valence-electron chi connectivity index (χ2n) is 0.761. The molecule has 0 spiro atoms. The van der Waals surface area contributed by atoms with Crippen LogP contribution >= 0.6 is 12.4 Å². The van der Waals surface area contributed by atoms with Crippen LogP contribution in [0.2, 0.25) is 0 Å². The number of aromatic nitrogens is 2. The molecule has 0 amide bonds. The minimum Gasteiger partial charge on any atom is -0.351 e. The average Bonchev–Trinajstić information content (AvgIpc) is 1.76. The van der Waals surface area contributed by atoms with E-state index in [9.17, 15) is 0 Å². The van der Waals surface area contributed by atoms with Crippen molar-refractivity contribution in [3.8, 4) is 0 Å². The molecule has 0 fully saturated rings. The summed E-state index contributed by atoms with van der Waals surface area (Å²) in [7, 11) is 0. The van der Waals surface area contributed by atoms with E-state index in [1.54, 1.807) is 18.7 Å². The maximum Gasteiger partial charge on any atom is 0.0919 e. The van der Waals surface area contributed by atoms with Crippen LogP contribution in [0.5, 0.6) is 0 Å². The van der Waals surface area contributed by atoms with Gasteiger partial charge >= 0.3 is 0 Å². The van der Waals surface area contributed by atoms with Crippen LogP contribution in [0, 0.1) is 0 Å². The molecule has 0 saturated carbocycles. The Morgan fingerprint density at radius 1 is 1.43 bits per heavy atom. The normalized spacial score (nSPS) is 5.71. The minimum absolute atomic E-state index is 0. The zero-order chi connectivity index (χ0) is 3.54. The van der Waals surface area contributed by atoms with Gasteiger partial charge in [0, 0.05) is 38.6 Å². The van der Waals surface area contributed by atoms with E-state index in [0.717, 1.165) is 0 Å². The number of hydrogen-bond acceptors (Lipinski definition) is 1. The first-order valence-corrected chi connectivity index (χ1v) is 1.43. The van der Waals surface area contributed by atoms with Crippen LogP contribution in [0.3, 0.4) is 0 Å². The first-order chi connectivity index (χ1) is 2.50. The summed E-state index contributed by atoms with van der Waals surface area (Å²) in [4.78, 5) is 6.42. The number of aromatic amines is 1. The maximum atomic E-state index is 3.67. The second kappa shape index (κ2) is 6.38. The Hall–Kier alpha value is 0.383. The number of nitrogens with zero attached hydrogens (tertiary/aromatic N) is 1. The fourth-order valence-corrected chi connectivity index (χ4v) is 0.215. The monoisotopic (exact) mass is 194 g/mol. The standard InChI is InChI=1S/C3H4N2.ClH.Zr/c1-2-5-3-4-1;;/h1-3H,(H,4,5);1H;. The molecule has 0 aromatic carbocycles. The number of halogens is 1. The fourth-order valence-electron chi connectivity index (χ4n) is 0.215. The Labute approximate surface area is 67.3 Å². The Bertz CT molecular complexity index is 69.4. The molecule has 1 heterocycles. The number of H-pyrrole nitrogens is 1. The van der Waals surface area contributed by atoms with E-state index in [-0.39, 0.29) is 38.6 Å². The number of imidazole rings is 1. The summed E-state index contributed by atoms with van der Waals surface area (Å²) in [5.41, 5.74) is 0. The smallest absolute Gasteiger partial charge is 0.0919 e. The first kappa shape index (κ1) is 10.4. The van der Waals surface area contributed by atoms with Gasteiger partial charge in [-0.15, -0.1) is 12.4 Å². The van der Waals surface area contributed by atoms with E-state index >= 15 is 0 Å². The molecule has 1 rings (SSSR count). The van der Waals surface area contributed by atoms with Gasteiger partial charge in [-0.05, 0) is 0 Å². The van der Waals surface area contributed by atoms with Crippen molar-refractivity contribution in [1.82, 2.24) is 9.97 Å². The van der Waals surface area contributed by atoms with Crippen molar-refractivity contribution >= 4 is 12.4 Å². The molecule has 1 aromatic rings. The average molecular weight is 196 g/mol. The van der Waals surface area contributed by atoms with Crippen molar-refractivity contribution in [3.63, 3.8) is 0 Å². The summed E-state index contributed by atoms with van der Waals surface area (Å²) in [6, 6.07) is 0. The van der Waals surface area contributed by atoms with Crippen LogP contribution in [-0.4, -0.2) is 9.97 Å². The Balaban J connectivity index is 0. The maximum absolute atomic E-state index is 3.67. The van der Waals surface area contributed by atoms with Crippen LogP contribution in [0.15, 0.2) is 18.7 Å². The molecule has 0 aliphatic rings. The second-order valence-corrected chi connectivity index (χ2v) is 0.761. The van der Waals surface area contributed by atoms with Crippen LogP contribution in [0.4, 0.5) is 0 Å². The molecule has 0 saturated heterocycles. The van der Waals surface area contributed by atoms with Gasteiger partial charge in [0.1, 0.15) is 0 Å². The van der Waals surface area contributed by atoms with Crippen molar-refractivity contribution < 1.29 is 26.2 Å². The number of nitrogens with one attached hydrogen (secondary N) is 1. The fraction of sp³-hybridized carbons (Fsp3) is 0. The molecule has 0 aliphatic carbocycles. The molecule has 0 bridgehead atoms. The van der Waals surface area contributed by atoms with Gasteiger partial charge < -0.3 is 4.98 Å². The molecule has 1 N–H and O–H groups in total. The van der Waals surface area contributed by atoms with Gasteiger partial charge in [0.05, 0.1) is 6.33 Å². The topological polar surface area (TPSA) is 28.7 Å². The van der Waals surface area contributed by atoms with Crippen LogP contribution in [0.1, 0.15) is 0 Å². The third-order valence-corrected chi connectivity index (χ3v) is 0.406. The third-order valence-electron chi connectivity index (χ3n) is 0.406. The molecule has 7 heavy (non-hydrogen) atoms. The zero-order valence-corrected chi connectivity index (χ0v) is 6.86. The van der Waals surface area contributed by atoms with Gasteiger partial charge in [0.2, 0.25) is 0 Å². The minimum atomic E-state index is 0. The van der Waals surface area contributed by atoms with Crippen molar-refractivity contribution in [1.29, 1.82) is 0 Å². The zero-order valence-electron chi connectivity index (χ0n) is 3.59. The summed E-state index contributed by atoms with van der Waals surface area (Å²) in [5, 5.41) is 0. The van der Waals surface area contributed by atoms with Crippen molar-refractivity contribution in [2.24, 2.45) is 0 Å². The molecule has 0 aliphatic heterocycles.